The summed E-state index contributed by atoms with van der Waals surface area (Å²) < 4.78 is 15.3. The lowest BCUT2D eigenvalue weighted by Crippen LogP contribution is -2.15. The molecule has 0 radical (unpaired) electrons. The second-order valence-electron chi connectivity index (χ2n) is 7.04. The number of nitro benzene ring substituents is 1. The Morgan fingerprint density at radius 3 is 2.13 bits per heavy atom. The number of nitro groups is 1. The van der Waals surface area contributed by atoms with Gasteiger partial charge in [0.05, 0.1) is 31.8 Å². The van der Waals surface area contributed by atoms with E-state index in [-0.39, 0.29) is 42.4 Å². The van der Waals surface area contributed by atoms with Crippen molar-refractivity contribution in [1.29, 1.82) is 0 Å². The molecule has 0 bridgehead atoms. The van der Waals surface area contributed by atoms with Gasteiger partial charge in [-0.1, -0.05) is 17.7 Å². The molecular formula is C22H26N2O7. The summed E-state index contributed by atoms with van der Waals surface area (Å²) in [5, 5.41) is 14.2. The van der Waals surface area contributed by atoms with Crippen LogP contribution in [0.5, 0.6) is 11.5 Å². The van der Waals surface area contributed by atoms with Crippen LogP contribution < -0.4 is 14.8 Å². The van der Waals surface area contributed by atoms with Crippen molar-refractivity contribution in [2.45, 2.75) is 33.6 Å². The molecule has 2 aromatic rings. The molecule has 0 aliphatic carbocycles. The third kappa shape index (κ3) is 5.94. The van der Waals surface area contributed by atoms with Gasteiger partial charge in [0, 0.05) is 18.2 Å². The van der Waals surface area contributed by atoms with Gasteiger partial charge in [-0.15, -0.1) is 0 Å². The molecule has 9 heteroatoms. The molecule has 166 valence electrons. The van der Waals surface area contributed by atoms with E-state index in [1.165, 1.54) is 20.3 Å². The molecule has 0 aliphatic rings. The first-order valence-electron chi connectivity index (χ1n) is 9.63. The first kappa shape index (κ1) is 23.7. The van der Waals surface area contributed by atoms with E-state index in [1.807, 2.05) is 32.9 Å². The van der Waals surface area contributed by atoms with Crippen molar-refractivity contribution < 1.29 is 28.7 Å². The van der Waals surface area contributed by atoms with Gasteiger partial charge >= 0.3 is 5.97 Å². The maximum absolute atomic E-state index is 12.4. The molecule has 2 aromatic carbocycles. The highest BCUT2D eigenvalue weighted by Crippen LogP contribution is 2.34. The Hall–Kier alpha value is -3.62. The number of aryl methyl sites for hydroxylation is 3. The lowest BCUT2D eigenvalue weighted by molar-refractivity contribution is -0.385. The van der Waals surface area contributed by atoms with Crippen LogP contribution in [0.1, 0.15) is 39.9 Å². The summed E-state index contributed by atoms with van der Waals surface area (Å²) in [6.07, 6.45) is 0.399. The molecule has 0 aromatic heterocycles. The van der Waals surface area contributed by atoms with Crippen LogP contribution in [0.4, 0.5) is 11.4 Å². The highest BCUT2D eigenvalue weighted by Gasteiger charge is 2.25. The van der Waals surface area contributed by atoms with E-state index in [0.717, 1.165) is 28.4 Å². The van der Waals surface area contributed by atoms with E-state index < -0.39 is 16.6 Å². The fourth-order valence-corrected chi connectivity index (χ4v) is 3.24. The van der Waals surface area contributed by atoms with Gasteiger partial charge in [0.2, 0.25) is 5.91 Å². The molecule has 0 spiro atoms. The monoisotopic (exact) mass is 430 g/mol. The van der Waals surface area contributed by atoms with Gasteiger partial charge in [-0.05, 0) is 38.3 Å². The summed E-state index contributed by atoms with van der Waals surface area (Å²) in [4.78, 5) is 35.2. The zero-order valence-corrected chi connectivity index (χ0v) is 18.2. The number of benzene rings is 2. The number of esters is 1. The fourth-order valence-electron chi connectivity index (χ4n) is 3.24. The average Bonchev–Trinajstić information content (AvgIpc) is 2.72. The van der Waals surface area contributed by atoms with E-state index >= 15 is 0 Å². The van der Waals surface area contributed by atoms with Crippen LogP contribution >= 0.6 is 0 Å². The number of amides is 1. The molecule has 1 amide bonds. The Kier molecular flexibility index (Phi) is 7.95. The van der Waals surface area contributed by atoms with Crippen molar-refractivity contribution in [3.63, 3.8) is 0 Å². The van der Waals surface area contributed by atoms with Gasteiger partial charge in [0.15, 0.2) is 11.5 Å². The number of carbonyl (C=O) groups excluding carboxylic acids is 2. The third-order valence-corrected chi connectivity index (χ3v) is 4.64. The van der Waals surface area contributed by atoms with Crippen LogP contribution in [0.25, 0.3) is 0 Å². The predicted octanol–water partition coefficient (Wildman–Crippen LogP) is 4.11. The lowest BCUT2D eigenvalue weighted by atomic mass is 10.0. The Balaban J connectivity index is 1.97. The molecule has 0 aliphatic heterocycles. The quantitative estimate of drug-likeness (QED) is 0.275. The molecule has 1 N–H and O–H groups in total. The Bertz CT molecular complexity index is 979. The first-order chi connectivity index (χ1) is 14.7. The summed E-state index contributed by atoms with van der Waals surface area (Å²) >= 11 is 0. The van der Waals surface area contributed by atoms with Crippen molar-refractivity contribution in [2.24, 2.45) is 0 Å². The van der Waals surface area contributed by atoms with E-state index in [9.17, 15) is 19.7 Å². The Labute approximate surface area is 180 Å². The minimum absolute atomic E-state index is 0.0659. The molecule has 0 saturated heterocycles. The number of methoxy groups -OCH3 is 2. The standard InChI is InChI=1S/C22H26N2O7/c1-13-9-14(2)21(15(3)10-13)23-20(25)7-6-8-31-22(26)16-11-18(29-4)19(30-5)12-17(16)24(27)28/h9-12H,6-8H2,1-5H3,(H,23,25). The number of rotatable bonds is 9. The summed E-state index contributed by atoms with van der Waals surface area (Å²) in [7, 11) is 2.69. The Morgan fingerprint density at radius 2 is 1.58 bits per heavy atom. The SMILES string of the molecule is COc1cc(C(=O)OCCCC(=O)Nc2c(C)cc(C)cc2C)c([N+](=O)[O-])cc1OC. The fraction of sp³-hybridized carbons (Fsp3) is 0.364. The molecule has 0 unspecified atom stereocenters. The number of carbonyl (C=O) groups is 2. The van der Waals surface area contributed by atoms with Crippen LogP contribution in [-0.2, 0) is 9.53 Å². The topological polar surface area (TPSA) is 117 Å². The van der Waals surface area contributed by atoms with E-state index in [4.69, 9.17) is 14.2 Å². The number of nitrogens with zero attached hydrogens (tertiary/aromatic N) is 1. The van der Waals surface area contributed by atoms with Crippen LogP contribution in [0.15, 0.2) is 24.3 Å². The molecule has 31 heavy (non-hydrogen) atoms. The molecular weight excluding hydrogens is 404 g/mol. The summed E-state index contributed by atoms with van der Waals surface area (Å²) in [6, 6.07) is 6.28. The van der Waals surface area contributed by atoms with Crippen molar-refractivity contribution in [3.05, 3.63) is 56.6 Å². The van der Waals surface area contributed by atoms with Crippen LogP contribution in [0.3, 0.4) is 0 Å². The maximum atomic E-state index is 12.4. The van der Waals surface area contributed by atoms with Crippen molar-refractivity contribution in [1.82, 2.24) is 0 Å². The molecule has 2 rings (SSSR count). The van der Waals surface area contributed by atoms with Gasteiger partial charge in [0.25, 0.3) is 5.69 Å². The summed E-state index contributed by atoms with van der Waals surface area (Å²) in [5.74, 6) is -0.783. The highest BCUT2D eigenvalue weighted by molar-refractivity contribution is 5.95. The number of nitrogens with one attached hydrogen (secondary N) is 1. The smallest absolute Gasteiger partial charge is 0.345 e. The second kappa shape index (κ2) is 10.4. The van der Waals surface area contributed by atoms with Gasteiger partial charge in [-0.3, -0.25) is 14.9 Å². The Morgan fingerprint density at radius 1 is 1.00 bits per heavy atom. The zero-order chi connectivity index (χ0) is 23.1. The van der Waals surface area contributed by atoms with Crippen molar-refractivity contribution in [2.75, 3.05) is 26.1 Å². The van der Waals surface area contributed by atoms with Gasteiger partial charge in [-0.2, -0.15) is 0 Å². The third-order valence-electron chi connectivity index (χ3n) is 4.64. The number of ether oxygens (including phenoxy) is 3. The minimum atomic E-state index is -0.877. The summed E-state index contributed by atoms with van der Waals surface area (Å²) in [6.45, 7) is 5.77. The first-order valence-corrected chi connectivity index (χ1v) is 9.63. The minimum Gasteiger partial charge on any atom is -0.493 e. The highest BCUT2D eigenvalue weighted by atomic mass is 16.6. The molecule has 0 heterocycles. The number of hydrogen-bond donors (Lipinski definition) is 1. The van der Waals surface area contributed by atoms with Gasteiger partial charge < -0.3 is 19.5 Å². The second-order valence-corrected chi connectivity index (χ2v) is 7.04. The predicted molar refractivity (Wildman–Crippen MR) is 115 cm³/mol. The molecule has 0 fully saturated rings. The lowest BCUT2D eigenvalue weighted by Gasteiger charge is -2.13. The van der Waals surface area contributed by atoms with E-state index in [2.05, 4.69) is 5.32 Å². The maximum Gasteiger partial charge on any atom is 0.345 e. The van der Waals surface area contributed by atoms with Crippen molar-refractivity contribution in [3.8, 4) is 11.5 Å². The summed E-state index contributed by atoms with van der Waals surface area (Å²) in [5.41, 5.74) is 3.12. The van der Waals surface area contributed by atoms with Crippen molar-refractivity contribution >= 4 is 23.3 Å². The van der Waals surface area contributed by atoms with E-state index in [0.29, 0.717) is 0 Å². The van der Waals surface area contributed by atoms with E-state index in [1.54, 1.807) is 0 Å². The molecule has 0 atom stereocenters. The van der Waals surface area contributed by atoms with Gasteiger partial charge in [0.1, 0.15) is 5.56 Å². The number of anilines is 1. The number of hydrogen-bond acceptors (Lipinski definition) is 7. The normalized spacial score (nSPS) is 10.4. The van der Waals surface area contributed by atoms with Crippen LogP contribution in [0.2, 0.25) is 0 Å². The largest absolute Gasteiger partial charge is 0.493 e. The van der Waals surface area contributed by atoms with Crippen LogP contribution in [0, 0.1) is 30.9 Å². The zero-order valence-electron chi connectivity index (χ0n) is 18.2. The molecule has 9 nitrogen and oxygen atoms in total. The average molecular weight is 430 g/mol. The van der Waals surface area contributed by atoms with Gasteiger partial charge in [-0.25, -0.2) is 4.79 Å². The van der Waals surface area contributed by atoms with Crippen LogP contribution in [-0.4, -0.2) is 37.6 Å². The molecule has 0 saturated carbocycles.